The van der Waals surface area contributed by atoms with E-state index < -0.39 is 0 Å². The number of amides is 1. The van der Waals surface area contributed by atoms with Crippen molar-refractivity contribution >= 4 is 27.5 Å². The molecule has 0 fully saturated rings. The fraction of sp³-hybridized carbons (Fsp3) is 0.235. The van der Waals surface area contributed by atoms with Gasteiger partial charge in [0.1, 0.15) is 6.04 Å². The van der Waals surface area contributed by atoms with Crippen LogP contribution >= 0.6 is 15.9 Å². The standard InChI is InChI=1S/C17H17BrN2O/c1-2-14(11-7-9-12(18)10-8-11)19-16-13-5-3-4-6-15(13)20-17(16)21/h3-10,14,16,19H,2H2,1H3,(H,20,21). The molecule has 1 amide bonds. The Bertz CT molecular complexity index is 654. The Morgan fingerprint density at radius 2 is 1.90 bits per heavy atom. The van der Waals surface area contributed by atoms with E-state index in [1.807, 2.05) is 36.4 Å². The number of carbonyl (C=O) groups is 1. The van der Waals surface area contributed by atoms with Crippen LogP contribution in [0.1, 0.15) is 36.6 Å². The summed E-state index contributed by atoms with van der Waals surface area (Å²) < 4.78 is 1.06. The molecule has 3 nitrogen and oxygen atoms in total. The maximum absolute atomic E-state index is 12.2. The fourth-order valence-electron chi connectivity index (χ4n) is 2.72. The summed E-state index contributed by atoms with van der Waals surface area (Å²) >= 11 is 3.45. The minimum atomic E-state index is -0.283. The molecule has 2 N–H and O–H groups in total. The molecule has 1 heterocycles. The molecule has 21 heavy (non-hydrogen) atoms. The van der Waals surface area contributed by atoms with Gasteiger partial charge in [0.15, 0.2) is 0 Å². The van der Waals surface area contributed by atoms with Gasteiger partial charge in [-0.1, -0.05) is 53.2 Å². The molecule has 2 aromatic rings. The number of rotatable bonds is 4. The Labute approximate surface area is 132 Å². The average Bonchev–Trinajstić information content (AvgIpc) is 2.81. The zero-order chi connectivity index (χ0) is 14.8. The smallest absolute Gasteiger partial charge is 0.246 e. The normalized spacial score (nSPS) is 18.2. The van der Waals surface area contributed by atoms with Crippen molar-refractivity contribution in [3.8, 4) is 0 Å². The summed E-state index contributed by atoms with van der Waals surface area (Å²) in [5, 5.41) is 6.41. The maximum atomic E-state index is 12.2. The molecule has 108 valence electrons. The molecule has 2 unspecified atom stereocenters. The third-order valence-corrected chi connectivity index (χ3v) is 4.37. The van der Waals surface area contributed by atoms with Gasteiger partial charge in [0, 0.05) is 21.8 Å². The van der Waals surface area contributed by atoms with Crippen LogP contribution in [-0.2, 0) is 4.79 Å². The summed E-state index contributed by atoms with van der Waals surface area (Å²) in [7, 11) is 0. The molecule has 1 aliphatic rings. The molecule has 0 bridgehead atoms. The molecule has 4 heteroatoms. The topological polar surface area (TPSA) is 41.1 Å². The molecule has 0 aromatic heterocycles. The summed E-state index contributed by atoms with van der Waals surface area (Å²) in [6, 6.07) is 15.9. The fourth-order valence-corrected chi connectivity index (χ4v) is 2.98. The second kappa shape index (κ2) is 6.00. The van der Waals surface area contributed by atoms with E-state index >= 15 is 0 Å². The van der Waals surface area contributed by atoms with Crippen molar-refractivity contribution in [2.75, 3.05) is 5.32 Å². The Morgan fingerprint density at radius 3 is 2.62 bits per heavy atom. The Balaban J connectivity index is 1.84. The molecular weight excluding hydrogens is 328 g/mol. The lowest BCUT2D eigenvalue weighted by atomic mass is 10.0. The van der Waals surface area contributed by atoms with E-state index in [2.05, 4.69) is 45.6 Å². The van der Waals surface area contributed by atoms with Crippen LogP contribution in [0.5, 0.6) is 0 Å². The van der Waals surface area contributed by atoms with Gasteiger partial charge in [-0.15, -0.1) is 0 Å². The van der Waals surface area contributed by atoms with Gasteiger partial charge < -0.3 is 5.32 Å². The number of hydrogen-bond donors (Lipinski definition) is 2. The van der Waals surface area contributed by atoms with E-state index in [0.717, 1.165) is 22.1 Å². The first-order valence-corrected chi connectivity index (χ1v) is 7.89. The summed E-state index contributed by atoms with van der Waals surface area (Å²) in [6.45, 7) is 2.12. The van der Waals surface area contributed by atoms with Crippen LogP contribution in [0.25, 0.3) is 0 Å². The predicted octanol–water partition coefficient (Wildman–Crippen LogP) is 4.18. The van der Waals surface area contributed by atoms with Gasteiger partial charge >= 0.3 is 0 Å². The molecule has 3 rings (SSSR count). The number of carbonyl (C=O) groups excluding carboxylic acids is 1. The van der Waals surface area contributed by atoms with Crippen molar-refractivity contribution in [1.82, 2.24) is 5.32 Å². The van der Waals surface area contributed by atoms with Crippen molar-refractivity contribution < 1.29 is 4.79 Å². The highest BCUT2D eigenvalue weighted by Gasteiger charge is 2.31. The van der Waals surface area contributed by atoms with Crippen molar-refractivity contribution in [2.24, 2.45) is 0 Å². The first kappa shape index (κ1) is 14.3. The molecule has 2 aromatic carbocycles. The summed E-state index contributed by atoms with van der Waals surface area (Å²) in [5.74, 6) is 0.0201. The van der Waals surface area contributed by atoms with Gasteiger partial charge in [0.05, 0.1) is 0 Å². The second-order valence-corrected chi connectivity index (χ2v) is 6.10. The minimum Gasteiger partial charge on any atom is -0.324 e. The first-order chi connectivity index (χ1) is 10.2. The van der Waals surface area contributed by atoms with Crippen LogP contribution in [0.2, 0.25) is 0 Å². The van der Waals surface area contributed by atoms with E-state index in [4.69, 9.17) is 0 Å². The molecule has 0 radical (unpaired) electrons. The van der Waals surface area contributed by atoms with Crippen LogP contribution in [-0.4, -0.2) is 5.91 Å². The van der Waals surface area contributed by atoms with Crippen LogP contribution < -0.4 is 10.6 Å². The lowest BCUT2D eigenvalue weighted by Crippen LogP contribution is -2.31. The third kappa shape index (κ3) is 2.87. The monoisotopic (exact) mass is 344 g/mol. The van der Waals surface area contributed by atoms with Gasteiger partial charge in [-0.05, 0) is 30.2 Å². The number of para-hydroxylation sites is 1. The van der Waals surface area contributed by atoms with E-state index in [1.165, 1.54) is 5.56 Å². The van der Waals surface area contributed by atoms with E-state index in [-0.39, 0.29) is 18.0 Å². The molecular formula is C17H17BrN2O. The first-order valence-electron chi connectivity index (χ1n) is 7.10. The predicted molar refractivity (Wildman–Crippen MR) is 88.1 cm³/mol. The van der Waals surface area contributed by atoms with Crippen molar-refractivity contribution in [3.05, 3.63) is 64.1 Å². The van der Waals surface area contributed by atoms with Crippen LogP contribution in [0.15, 0.2) is 53.0 Å². The van der Waals surface area contributed by atoms with Gasteiger partial charge in [-0.3, -0.25) is 10.1 Å². The number of nitrogens with one attached hydrogen (secondary N) is 2. The summed E-state index contributed by atoms with van der Waals surface area (Å²) in [6.07, 6.45) is 0.924. The number of fused-ring (bicyclic) bond motifs is 1. The highest BCUT2D eigenvalue weighted by molar-refractivity contribution is 9.10. The molecule has 2 atom stereocenters. The van der Waals surface area contributed by atoms with Gasteiger partial charge in [-0.2, -0.15) is 0 Å². The number of anilines is 1. The van der Waals surface area contributed by atoms with Crippen LogP contribution in [0.4, 0.5) is 5.69 Å². The average molecular weight is 345 g/mol. The largest absolute Gasteiger partial charge is 0.324 e. The van der Waals surface area contributed by atoms with E-state index in [0.29, 0.717) is 0 Å². The molecule has 0 saturated heterocycles. The van der Waals surface area contributed by atoms with E-state index in [1.54, 1.807) is 0 Å². The molecule has 1 aliphatic heterocycles. The van der Waals surface area contributed by atoms with Gasteiger partial charge in [0.2, 0.25) is 5.91 Å². The number of benzene rings is 2. The third-order valence-electron chi connectivity index (χ3n) is 3.84. The van der Waals surface area contributed by atoms with Gasteiger partial charge in [0.25, 0.3) is 0 Å². The van der Waals surface area contributed by atoms with Gasteiger partial charge in [-0.25, -0.2) is 0 Å². The highest BCUT2D eigenvalue weighted by atomic mass is 79.9. The number of halogens is 1. The molecule has 0 saturated carbocycles. The SMILES string of the molecule is CCC(NC1C(=O)Nc2ccccc21)c1ccc(Br)cc1. The van der Waals surface area contributed by atoms with Crippen LogP contribution in [0.3, 0.4) is 0 Å². The highest BCUT2D eigenvalue weighted by Crippen LogP contribution is 2.33. The lowest BCUT2D eigenvalue weighted by molar-refractivity contribution is -0.117. The Morgan fingerprint density at radius 1 is 1.19 bits per heavy atom. The Hall–Kier alpha value is -1.65. The maximum Gasteiger partial charge on any atom is 0.246 e. The zero-order valence-corrected chi connectivity index (χ0v) is 13.4. The quantitative estimate of drug-likeness (QED) is 0.873. The van der Waals surface area contributed by atoms with Crippen LogP contribution in [0, 0.1) is 0 Å². The van der Waals surface area contributed by atoms with Crippen molar-refractivity contribution in [1.29, 1.82) is 0 Å². The molecule has 0 spiro atoms. The Kier molecular flexibility index (Phi) is 4.08. The minimum absolute atomic E-state index is 0.0201. The van der Waals surface area contributed by atoms with Crippen molar-refractivity contribution in [2.45, 2.75) is 25.4 Å². The zero-order valence-electron chi connectivity index (χ0n) is 11.8. The second-order valence-electron chi connectivity index (χ2n) is 5.19. The number of hydrogen-bond acceptors (Lipinski definition) is 2. The lowest BCUT2D eigenvalue weighted by Gasteiger charge is -2.21. The van der Waals surface area contributed by atoms with Crippen molar-refractivity contribution in [3.63, 3.8) is 0 Å². The summed E-state index contributed by atoms with van der Waals surface area (Å²) in [4.78, 5) is 12.2. The van der Waals surface area contributed by atoms with E-state index in [9.17, 15) is 4.79 Å². The molecule has 0 aliphatic carbocycles. The summed E-state index contributed by atoms with van der Waals surface area (Å²) in [5.41, 5.74) is 3.13.